The first-order chi connectivity index (χ1) is 6.46. The zero-order valence-electron chi connectivity index (χ0n) is 7.38. The van der Waals surface area contributed by atoms with E-state index in [0.29, 0.717) is 11.6 Å². The van der Waals surface area contributed by atoms with Gasteiger partial charge in [-0.3, -0.25) is 4.79 Å². The molecule has 1 saturated carbocycles. The van der Waals surface area contributed by atoms with Crippen LogP contribution in [0.1, 0.15) is 13.3 Å². The summed E-state index contributed by atoms with van der Waals surface area (Å²) in [5.74, 6) is -0.169. The fourth-order valence-electron chi connectivity index (χ4n) is 1.17. The minimum atomic E-state index is -0.922. The molecule has 1 N–H and O–H groups in total. The average molecular weight is 251 g/mol. The van der Waals surface area contributed by atoms with Crippen molar-refractivity contribution in [2.75, 3.05) is 5.32 Å². The number of anilines is 1. The Kier molecular flexibility index (Phi) is 2.25. The van der Waals surface area contributed by atoms with Crippen LogP contribution in [0.4, 0.5) is 5.13 Å². The van der Waals surface area contributed by atoms with Crippen LogP contribution in [0, 0.1) is 5.41 Å². The van der Waals surface area contributed by atoms with Gasteiger partial charge in [0, 0.05) is 11.6 Å². The summed E-state index contributed by atoms with van der Waals surface area (Å²) in [5.41, 5.74) is -0.679. The van der Waals surface area contributed by atoms with Gasteiger partial charge in [-0.2, -0.15) is 0 Å². The SMILES string of the molecule is C[C@@]1(C(=O)Nc2nccs2)CC1(Cl)Cl. The van der Waals surface area contributed by atoms with Crippen LogP contribution in [-0.4, -0.2) is 15.2 Å². The lowest BCUT2D eigenvalue weighted by molar-refractivity contribution is -0.120. The first kappa shape index (κ1) is 10.2. The summed E-state index contributed by atoms with van der Waals surface area (Å²) in [6.45, 7) is 1.75. The molecule has 76 valence electrons. The minimum Gasteiger partial charge on any atom is -0.301 e. The molecule has 1 fully saturated rings. The molecule has 2 rings (SSSR count). The molecule has 1 aromatic rings. The molecule has 1 aromatic heterocycles. The molecule has 14 heavy (non-hydrogen) atoms. The molecule has 1 heterocycles. The van der Waals surface area contributed by atoms with E-state index in [2.05, 4.69) is 10.3 Å². The van der Waals surface area contributed by atoms with Gasteiger partial charge in [0.1, 0.15) is 4.33 Å². The molecule has 0 radical (unpaired) electrons. The van der Waals surface area contributed by atoms with Crippen molar-refractivity contribution < 1.29 is 4.79 Å². The third kappa shape index (κ3) is 1.51. The van der Waals surface area contributed by atoms with Gasteiger partial charge in [0.25, 0.3) is 0 Å². The molecule has 1 amide bonds. The Morgan fingerprint density at radius 2 is 2.36 bits per heavy atom. The molecule has 0 aromatic carbocycles. The number of nitrogens with one attached hydrogen (secondary N) is 1. The Hall–Kier alpha value is -0.320. The monoisotopic (exact) mass is 250 g/mol. The van der Waals surface area contributed by atoms with Gasteiger partial charge in [0.05, 0.1) is 5.41 Å². The lowest BCUT2D eigenvalue weighted by Gasteiger charge is -2.10. The normalized spacial score (nSPS) is 28.5. The number of rotatable bonds is 2. The molecule has 1 aliphatic rings. The van der Waals surface area contributed by atoms with E-state index in [1.807, 2.05) is 0 Å². The van der Waals surface area contributed by atoms with E-state index in [1.165, 1.54) is 11.3 Å². The smallest absolute Gasteiger partial charge is 0.235 e. The Labute approximate surface area is 95.4 Å². The first-order valence-electron chi connectivity index (χ1n) is 4.04. The van der Waals surface area contributed by atoms with Gasteiger partial charge < -0.3 is 5.32 Å². The predicted molar refractivity (Wildman–Crippen MR) is 57.9 cm³/mol. The van der Waals surface area contributed by atoms with Crippen LogP contribution in [0.3, 0.4) is 0 Å². The number of aromatic nitrogens is 1. The molecule has 0 spiro atoms. The predicted octanol–water partition coefficient (Wildman–Crippen LogP) is 2.67. The Bertz CT molecular complexity index is 365. The van der Waals surface area contributed by atoms with E-state index in [9.17, 15) is 4.79 Å². The Balaban J connectivity index is 2.05. The van der Waals surface area contributed by atoms with Crippen LogP contribution in [0.5, 0.6) is 0 Å². The number of halogens is 2. The maximum atomic E-state index is 11.7. The average Bonchev–Trinajstić information content (AvgIpc) is 2.54. The van der Waals surface area contributed by atoms with Crippen molar-refractivity contribution in [3.63, 3.8) is 0 Å². The molecule has 1 aliphatic carbocycles. The highest BCUT2D eigenvalue weighted by Crippen LogP contribution is 2.64. The van der Waals surface area contributed by atoms with Crippen molar-refractivity contribution in [2.24, 2.45) is 5.41 Å². The number of alkyl halides is 2. The molecule has 6 heteroatoms. The highest BCUT2D eigenvalue weighted by atomic mass is 35.5. The van der Waals surface area contributed by atoms with Crippen LogP contribution in [0.15, 0.2) is 11.6 Å². The van der Waals surface area contributed by atoms with Crippen molar-refractivity contribution in [3.8, 4) is 0 Å². The maximum absolute atomic E-state index is 11.7. The van der Waals surface area contributed by atoms with Crippen molar-refractivity contribution in [2.45, 2.75) is 17.7 Å². The van der Waals surface area contributed by atoms with Crippen LogP contribution in [-0.2, 0) is 4.79 Å². The number of carbonyl (C=O) groups excluding carboxylic acids is 1. The van der Waals surface area contributed by atoms with Crippen LogP contribution in [0.2, 0.25) is 0 Å². The zero-order valence-corrected chi connectivity index (χ0v) is 9.71. The summed E-state index contributed by atoms with van der Waals surface area (Å²) in [7, 11) is 0. The van der Waals surface area contributed by atoms with Crippen LogP contribution >= 0.6 is 34.5 Å². The Morgan fingerprint density at radius 3 is 2.79 bits per heavy atom. The number of thiazole rings is 1. The van der Waals surface area contributed by atoms with Crippen molar-refractivity contribution in [1.29, 1.82) is 0 Å². The molecule has 0 unspecified atom stereocenters. The van der Waals surface area contributed by atoms with Crippen LogP contribution < -0.4 is 5.32 Å². The second-order valence-electron chi connectivity index (χ2n) is 3.50. The number of carbonyl (C=O) groups is 1. The van der Waals surface area contributed by atoms with Gasteiger partial charge in [-0.25, -0.2) is 4.98 Å². The van der Waals surface area contributed by atoms with Gasteiger partial charge in [0.2, 0.25) is 5.91 Å². The summed E-state index contributed by atoms with van der Waals surface area (Å²) in [6, 6.07) is 0. The van der Waals surface area contributed by atoms with E-state index >= 15 is 0 Å². The fraction of sp³-hybridized carbons (Fsp3) is 0.500. The first-order valence-corrected chi connectivity index (χ1v) is 5.68. The van der Waals surface area contributed by atoms with E-state index in [0.717, 1.165) is 0 Å². The zero-order chi connectivity index (χ0) is 10.4. The number of nitrogens with zero attached hydrogens (tertiary/aromatic N) is 1. The highest BCUT2D eigenvalue weighted by molar-refractivity contribution is 7.13. The van der Waals surface area contributed by atoms with Gasteiger partial charge in [-0.15, -0.1) is 34.5 Å². The summed E-state index contributed by atoms with van der Waals surface area (Å²) in [4.78, 5) is 15.6. The maximum Gasteiger partial charge on any atom is 0.235 e. The topological polar surface area (TPSA) is 42.0 Å². The standard InChI is InChI=1S/C8H8Cl2N2OS/c1-7(4-8(7,9)10)5(13)12-6-11-2-3-14-6/h2-3H,4H2,1H3,(H,11,12,13)/t7-/m0/s1. The van der Waals surface area contributed by atoms with E-state index < -0.39 is 9.75 Å². The third-order valence-corrected chi connectivity index (χ3v) is 4.20. The number of hydrogen-bond acceptors (Lipinski definition) is 3. The highest BCUT2D eigenvalue weighted by Gasteiger charge is 2.68. The van der Waals surface area contributed by atoms with Crippen molar-refractivity contribution >= 4 is 45.6 Å². The second-order valence-corrected chi connectivity index (χ2v) is 5.88. The fourth-order valence-corrected chi connectivity index (χ4v) is 2.40. The third-order valence-electron chi connectivity index (χ3n) is 2.41. The van der Waals surface area contributed by atoms with E-state index in [-0.39, 0.29) is 5.91 Å². The lowest BCUT2D eigenvalue weighted by atomic mass is 10.1. The van der Waals surface area contributed by atoms with Crippen LogP contribution in [0.25, 0.3) is 0 Å². The molecule has 1 atom stereocenters. The summed E-state index contributed by atoms with van der Waals surface area (Å²) in [5, 5.41) is 5.05. The second kappa shape index (κ2) is 3.08. The minimum absolute atomic E-state index is 0.169. The Morgan fingerprint density at radius 1 is 1.71 bits per heavy atom. The van der Waals surface area contributed by atoms with Gasteiger partial charge in [-0.1, -0.05) is 0 Å². The molecule has 0 aliphatic heterocycles. The quantitative estimate of drug-likeness (QED) is 0.821. The molecule has 0 saturated heterocycles. The molecule has 3 nitrogen and oxygen atoms in total. The number of amides is 1. The molecular weight excluding hydrogens is 243 g/mol. The summed E-state index contributed by atoms with van der Waals surface area (Å²) >= 11 is 13.1. The van der Waals surface area contributed by atoms with Crippen molar-refractivity contribution in [1.82, 2.24) is 4.98 Å². The summed E-state index contributed by atoms with van der Waals surface area (Å²) in [6.07, 6.45) is 2.12. The van der Waals surface area contributed by atoms with Crippen molar-refractivity contribution in [3.05, 3.63) is 11.6 Å². The van der Waals surface area contributed by atoms with Gasteiger partial charge in [-0.05, 0) is 13.3 Å². The van der Waals surface area contributed by atoms with E-state index in [4.69, 9.17) is 23.2 Å². The van der Waals surface area contributed by atoms with E-state index in [1.54, 1.807) is 18.5 Å². The lowest BCUT2D eigenvalue weighted by Crippen LogP contribution is -2.25. The molecule has 0 bridgehead atoms. The molecular formula is C8H8Cl2N2OS. The largest absolute Gasteiger partial charge is 0.301 e. The van der Waals surface area contributed by atoms with Gasteiger partial charge in [0.15, 0.2) is 5.13 Å². The summed E-state index contributed by atoms with van der Waals surface area (Å²) < 4.78 is -0.922. The van der Waals surface area contributed by atoms with Gasteiger partial charge >= 0.3 is 0 Å². The number of hydrogen-bond donors (Lipinski definition) is 1.